The van der Waals surface area contributed by atoms with Crippen molar-refractivity contribution in [1.29, 1.82) is 0 Å². The third kappa shape index (κ3) is 4.89. The molecule has 156 valence electrons. The maximum atomic E-state index is 12.8. The molecule has 4 rings (SSSR count). The smallest absolute Gasteiger partial charge is 0.256 e. The molecular formula is C22H22N8O. The van der Waals surface area contributed by atoms with Crippen LogP contribution in [0.15, 0.2) is 67.4 Å². The minimum Gasteiger partial charge on any atom is -0.379 e. The summed E-state index contributed by atoms with van der Waals surface area (Å²) in [5.74, 6) is 0.850. The molecule has 0 unspecified atom stereocenters. The van der Waals surface area contributed by atoms with E-state index >= 15 is 0 Å². The van der Waals surface area contributed by atoms with Crippen LogP contribution in [0, 0.1) is 0 Å². The molecule has 9 heteroatoms. The molecule has 0 fully saturated rings. The van der Waals surface area contributed by atoms with Crippen LogP contribution in [-0.2, 0) is 6.54 Å². The van der Waals surface area contributed by atoms with Crippen molar-refractivity contribution in [2.45, 2.75) is 26.4 Å². The van der Waals surface area contributed by atoms with Gasteiger partial charge in [-0.1, -0.05) is 12.1 Å². The van der Waals surface area contributed by atoms with Gasteiger partial charge < -0.3 is 15.2 Å². The van der Waals surface area contributed by atoms with E-state index in [-0.39, 0.29) is 11.9 Å². The number of anilines is 2. The van der Waals surface area contributed by atoms with Gasteiger partial charge in [-0.2, -0.15) is 0 Å². The Morgan fingerprint density at radius 2 is 2.00 bits per heavy atom. The lowest BCUT2D eigenvalue weighted by Crippen LogP contribution is -2.14. The summed E-state index contributed by atoms with van der Waals surface area (Å²) in [5.41, 5.74) is 2.84. The number of amides is 1. The average Bonchev–Trinajstić information content (AvgIpc) is 3.29. The van der Waals surface area contributed by atoms with Gasteiger partial charge in [-0.05, 0) is 50.2 Å². The fraction of sp³-hybridized carbons (Fsp3) is 0.182. The van der Waals surface area contributed by atoms with Crippen molar-refractivity contribution < 1.29 is 4.79 Å². The first-order chi connectivity index (χ1) is 15.1. The molecule has 0 aliphatic heterocycles. The van der Waals surface area contributed by atoms with Crippen LogP contribution in [0.4, 0.5) is 11.5 Å². The zero-order valence-electron chi connectivity index (χ0n) is 17.2. The highest BCUT2D eigenvalue weighted by atomic mass is 16.1. The molecule has 4 aromatic rings. The normalized spacial score (nSPS) is 10.8. The molecule has 9 nitrogen and oxygen atoms in total. The van der Waals surface area contributed by atoms with Crippen LogP contribution in [0.3, 0.4) is 0 Å². The van der Waals surface area contributed by atoms with Crippen molar-refractivity contribution in [1.82, 2.24) is 29.7 Å². The van der Waals surface area contributed by atoms with Crippen molar-refractivity contribution in [2.24, 2.45) is 0 Å². The number of nitrogens with one attached hydrogen (secondary N) is 2. The van der Waals surface area contributed by atoms with Gasteiger partial charge in [0.05, 0.1) is 12.2 Å². The minimum absolute atomic E-state index is 0.197. The van der Waals surface area contributed by atoms with E-state index in [1.54, 1.807) is 30.7 Å². The molecular weight excluding hydrogens is 392 g/mol. The molecule has 0 bridgehead atoms. The third-order valence-corrected chi connectivity index (χ3v) is 4.59. The fourth-order valence-corrected chi connectivity index (χ4v) is 3.01. The number of carbonyl (C=O) groups is 1. The number of rotatable bonds is 7. The molecule has 1 aromatic carbocycles. The number of hydrogen-bond acceptors (Lipinski definition) is 7. The molecule has 0 spiro atoms. The first-order valence-electron chi connectivity index (χ1n) is 9.87. The van der Waals surface area contributed by atoms with Crippen molar-refractivity contribution in [3.8, 4) is 11.5 Å². The van der Waals surface area contributed by atoms with Crippen molar-refractivity contribution in [2.75, 3.05) is 10.6 Å². The van der Waals surface area contributed by atoms with Crippen LogP contribution >= 0.6 is 0 Å². The maximum Gasteiger partial charge on any atom is 0.256 e. The monoisotopic (exact) mass is 414 g/mol. The van der Waals surface area contributed by atoms with Gasteiger partial charge in [0.15, 0.2) is 5.82 Å². The molecule has 31 heavy (non-hydrogen) atoms. The van der Waals surface area contributed by atoms with Gasteiger partial charge in [-0.15, -0.1) is 10.2 Å². The number of aromatic nitrogens is 6. The second kappa shape index (κ2) is 9.12. The van der Waals surface area contributed by atoms with Crippen LogP contribution in [-0.4, -0.2) is 35.6 Å². The summed E-state index contributed by atoms with van der Waals surface area (Å²) in [4.78, 5) is 25.4. The molecule has 0 saturated carbocycles. The quantitative estimate of drug-likeness (QED) is 0.475. The van der Waals surface area contributed by atoms with E-state index in [0.29, 0.717) is 29.4 Å². The van der Waals surface area contributed by atoms with E-state index in [2.05, 4.69) is 35.8 Å². The second-order valence-corrected chi connectivity index (χ2v) is 7.15. The van der Waals surface area contributed by atoms with Gasteiger partial charge in [0.2, 0.25) is 0 Å². The molecule has 1 amide bonds. The Bertz CT molecular complexity index is 1170. The van der Waals surface area contributed by atoms with Crippen molar-refractivity contribution in [3.63, 3.8) is 0 Å². The molecule has 0 aliphatic rings. The molecule has 0 aliphatic carbocycles. The molecule has 2 N–H and O–H groups in total. The highest BCUT2D eigenvalue weighted by Gasteiger charge is 2.13. The van der Waals surface area contributed by atoms with Gasteiger partial charge in [-0.25, -0.2) is 15.0 Å². The second-order valence-electron chi connectivity index (χ2n) is 7.15. The number of benzene rings is 1. The van der Waals surface area contributed by atoms with Crippen LogP contribution in [0.2, 0.25) is 0 Å². The summed E-state index contributed by atoms with van der Waals surface area (Å²) in [6.07, 6.45) is 4.87. The topological polar surface area (TPSA) is 111 Å². The van der Waals surface area contributed by atoms with Crippen LogP contribution < -0.4 is 10.6 Å². The summed E-state index contributed by atoms with van der Waals surface area (Å²) in [7, 11) is 0. The maximum absolute atomic E-state index is 12.8. The van der Waals surface area contributed by atoms with Gasteiger partial charge in [0.1, 0.15) is 24.2 Å². The molecule has 3 heterocycles. The van der Waals surface area contributed by atoms with Crippen molar-refractivity contribution >= 4 is 17.4 Å². The summed E-state index contributed by atoms with van der Waals surface area (Å²) in [6.45, 7) is 4.63. The molecule has 0 radical (unpaired) electrons. The molecule has 3 aromatic heterocycles. The van der Waals surface area contributed by atoms with E-state index < -0.39 is 0 Å². The van der Waals surface area contributed by atoms with Crippen LogP contribution in [0.5, 0.6) is 0 Å². The first-order valence-corrected chi connectivity index (χ1v) is 9.87. The number of hydrogen-bond donors (Lipinski definition) is 2. The fourth-order valence-electron chi connectivity index (χ4n) is 3.01. The highest BCUT2D eigenvalue weighted by Crippen LogP contribution is 2.20. The summed E-state index contributed by atoms with van der Waals surface area (Å²) >= 11 is 0. The Morgan fingerprint density at radius 3 is 2.81 bits per heavy atom. The lowest BCUT2D eigenvalue weighted by molar-refractivity contribution is 0.102. The Morgan fingerprint density at radius 1 is 1.13 bits per heavy atom. The number of nitrogens with zero attached hydrogens (tertiary/aromatic N) is 6. The molecule has 0 atom stereocenters. The number of carbonyl (C=O) groups excluding carboxylic acids is 1. The Hall–Kier alpha value is -4.14. The lowest BCUT2D eigenvalue weighted by atomic mass is 10.2. The largest absolute Gasteiger partial charge is 0.379 e. The van der Waals surface area contributed by atoms with E-state index in [0.717, 1.165) is 11.4 Å². The summed E-state index contributed by atoms with van der Waals surface area (Å²) in [5, 5.41) is 14.3. The number of pyridine rings is 1. The van der Waals surface area contributed by atoms with E-state index in [1.807, 2.05) is 48.7 Å². The standard InChI is InChI=1S/C22H22N8O/c1-15(2)30-14-26-29-21(30)19-7-4-8-20(27-19)28-22(31)16-5-3-6-17(11-16)24-12-18-9-10-23-13-25-18/h3-11,13-15,24H,12H2,1-2H3,(H,27,28,31). The Balaban J connectivity index is 1.47. The van der Waals surface area contributed by atoms with E-state index in [4.69, 9.17) is 0 Å². The SMILES string of the molecule is CC(C)n1cnnc1-c1cccc(NC(=O)c2cccc(NCc3ccncn3)c2)n1. The Labute approximate surface area is 179 Å². The average molecular weight is 414 g/mol. The predicted molar refractivity (Wildman–Crippen MR) is 117 cm³/mol. The van der Waals surface area contributed by atoms with Gasteiger partial charge >= 0.3 is 0 Å². The third-order valence-electron chi connectivity index (χ3n) is 4.59. The minimum atomic E-state index is -0.249. The van der Waals surface area contributed by atoms with E-state index in [9.17, 15) is 4.79 Å². The lowest BCUT2D eigenvalue weighted by Gasteiger charge is -2.11. The van der Waals surface area contributed by atoms with Crippen LogP contribution in [0.25, 0.3) is 11.5 Å². The Kier molecular flexibility index (Phi) is 5.93. The summed E-state index contributed by atoms with van der Waals surface area (Å²) < 4.78 is 1.93. The zero-order valence-corrected chi connectivity index (χ0v) is 17.2. The first kappa shape index (κ1) is 20.1. The van der Waals surface area contributed by atoms with Crippen molar-refractivity contribution in [3.05, 3.63) is 78.6 Å². The highest BCUT2D eigenvalue weighted by molar-refractivity contribution is 6.04. The zero-order chi connectivity index (χ0) is 21.6. The predicted octanol–water partition coefficient (Wildman–Crippen LogP) is 3.58. The van der Waals surface area contributed by atoms with Gasteiger partial charge in [0.25, 0.3) is 5.91 Å². The van der Waals surface area contributed by atoms with Gasteiger partial charge in [-0.3, -0.25) is 4.79 Å². The van der Waals surface area contributed by atoms with E-state index in [1.165, 1.54) is 6.33 Å². The van der Waals surface area contributed by atoms with Crippen LogP contribution in [0.1, 0.15) is 35.9 Å². The van der Waals surface area contributed by atoms with Gasteiger partial charge in [0, 0.05) is 23.5 Å². The summed E-state index contributed by atoms with van der Waals surface area (Å²) in [6, 6.07) is 14.7. The molecule has 0 saturated heterocycles.